The number of hydrogen-bond donors (Lipinski definition) is 0. The van der Waals surface area contributed by atoms with Gasteiger partial charge in [-0.15, -0.1) is 24.0 Å². The van der Waals surface area contributed by atoms with Gasteiger partial charge in [0.25, 0.3) is 0 Å². The molecule has 2 aliphatic carbocycles. The molecule has 0 atom stereocenters. The lowest BCUT2D eigenvalue weighted by atomic mass is 10.6. The molecule has 0 radical (unpaired) electrons. The van der Waals surface area contributed by atoms with Crippen LogP contribution in [0, 0.1) is 0 Å². The highest BCUT2D eigenvalue weighted by Gasteiger charge is 2.06. The minimum atomic E-state index is 0. The Labute approximate surface area is 83.8 Å². The molecule has 0 N–H and O–H groups in total. The molecule has 0 unspecified atom stereocenters. The van der Waals surface area contributed by atoms with Crippen LogP contribution in [0.15, 0.2) is 24.3 Å². The number of aldehydes is 1. The van der Waals surface area contributed by atoms with Gasteiger partial charge in [-0.3, -0.25) is 0 Å². The summed E-state index contributed by atoms with van der Waals surface area (Å²) in [4.78, 5) is 9.17. The van der Waals surface area contributed by atoms with E-state index in [1.165, 1.54) is 11.1 Å². The van der Waals surface area contributed by atoms with Crippen molar-refractivity contribution in [2.75, 3.05) is 0 Å². The van der Waals surface area contributed by atoms with Crippen LogP contribution in [0.4, 0.5) is 0 Å². The highest BCUT2D eigenvalue weighted by Crippen LogP contribution is 2.32. The third-order valence-corrected chi connectivity index (χ3v) is 1.28. The molecule has 0 aromatic heterocycles. The first-order valence-corrected chi connectivity index (χ1v) is 3.42. The van der Waals surface area contributed by atoms with Crippen molar-refractivity contribution < 1.29 is 4.79 Å². The van der Waals surface area contributed by atoms with Crippen LogP contribution >= 0.6 is 24.0 Å². The van der Waals surface area contributed by atoms with Crippen molar-refractivity contribution in [3.63, 3.8) is 0 Å². The summed E-state index contributed by atoms with van der Waals surface area (Å²) in [5.41, 5.74) is 2.85. The Kier molecular flexibility index (Phi) is 5.11. The molecule has 11 heavy (non-hydrogen) atoms. The zero-order chi connectivity index (χ0) is 7.40. The average Bonchev–Trinajstić information content (AvgIpc) is 2.60. The van der Waals surface area contributed by atoms with E-state index in [2.05, 4.69) is 24.3 Å². The maximum Gasteiger partial charge on any atom is 0.119 e. The molecule has 0 aliphatic heterocycles. The molecule has 0 saturated heterocycles. The Morgan fingerprint density at radius 3 is 1.91 bits per heavy atom. The third kappa shape index (κ3) is 3.51. The van der Waals surface area contributed by atoms with E-state index in [0.717, 1.165) is 6.29 Å². The molecule has 0 aromatic rings. The summed E-state index contributed by atoms with van der Waals surface area (Å²) in [6, 6.07) is 8.48. The molecule has 2 rings (SSSR count). The van der Waals surface area contributed by atoms with Gasteiger partial charge in [-0.05, 0) is 17.2 Å². The molecule has 0 amide bonds. The second-order valence-electron chi connectivity index (χ2n) is 2.16. The van der Waals surface area contributed by atoms with Crippen molar-refractivity contribution >= 4 is 30.3 Å². The zero-order valence-corrected chi connectivity index (χ0v) is 8.74. The lowest BCUT2D eigenvalue weighted by Crippen LogP contribution is -1.55. The number of hydrogen-bond acceptors (Lipinski definition) is 1. The van der Waals surface area contributed by atoms with Gasteiger partial charge in [-0.1, -0.05) is 25.1 Å². The maximum atomic E-state index is 9.17. The summed E-state index contributed by atoms with van der Waals surface area (Å²) in [5, 5.41) is 0. The second kappa shape index (κ2) is 5.29. The first kappa shape index (κ1) is 10.6. The molecular weight excluding hydrogens is 251 g/mol. The van der Waals surface area contributed by atoms with Crippen LogP contribution in [0.1, 0.15) is 13.3 Å². The zero-order valence-electron chi connectivity index (χ0n) is 6.41. The monoisotopic (exact) mass is 262 g/mol. The second-order valence-corrected chi connectivity index (χ2v) is 2.16. The van der Waals surface area contributed by atoms with Crippen LogP contribution in [0.2, 0.25) is 0 Å². The van der Waals surface area contributed by atoms with Crippen molar-refractivity contribution in [1.29, 1.82) is 0 Å². The fraction of sp³-hybridized carbons (Fsp3) is 0.222. The maximum absolute atomic E-state index is 9.17. The standard InChI is InChI=1S/C6H4.C3H6O.HI/c1-2-5-4-6(5)3-1;1-2-3-4;/h1-4H;3H,2H2,1H3;1H. The van der Waals surface area contributed by atoms with Gasteiger partial charge < -0.3 is 4.79 Å². The normalized spacial score (nSPS) is 8.45. The minimum Gasteiger partial charge on any atom is -0.303 e. The first-order chi connectivity index (χ1) is 4.88. The van der Waals surface area contributed by atoms with Crippen LogP contribution < -0.4 is 0 Å². The lowest BCUT2D eigenvalue weighted by Gasteiger charge is -1.51. The van der Waals surface area contributed by atoms with E-state index in [-0.39, 0.29) is 24.0 Å². The van der Waals surface area contributed by atoms with Crippen LogP contribution in [-0.4, -0.2) is 6.29 Å². The summed E-state index contributed by atoms with van der Waals surface area (Å²) in [6.45, 7) is 1.81. The van der Waals surface area contributed by atoms with Crippen LogP contribution in [0.3, 0.4) is 0 Å². The van der Waals surface area contributed by atoms with Crippen LogP contribution in [-0.2, 0) is 4.79 Å². The predicted octanol–water partition coefficient (Wildman–Crippen LogP) is 2.88. The van der Waals surface area contributed by atoms with Crippen molar-refractivity contribution in [2.45, 2.75) is 13.3 Å². The number of halogens is 1. The topological polar surface area (TPSA) is 17.1 Å². The molecule has 1 nitrogen and oxygen atoms in total. The van der Waals surface area contributed by atoms with Crippen molar-refractivity contribution in [2.24, 2.45) is 0 Å². The lowest BCUT2D eigenvalue weighted by molar-refractivity contribution is -0.107. The molecule has 2 aliphatic rings. The fourth-order valence-corrected chi connectivity index (χ4v) is 0.676. The molecule has 0 bridgehead atoms. The SMILES string of the molecule is CCC=O.I.c1cc2cc-2c1. The summed E-state index contributed by atoms with van der Waals surface area (Å²) in [6.07, 6.45) is 1.51. The van der Waals surface area contributed by atoms with E-state index in [4.69, 9.17) is 0 Å². The van der Waals surface area contributed by atoms with Crippen molar-refractivity contribution in [1.82, 2.24) is 0 Å². The number of carbonyl (C=O) groups excluding carboxylic acids is 1. The first-order valence-electron chi connectivity index (χ1n) is 3.42. The molecule has 0 fully saturated rings. The van der Waals surface area contributed by atoms with Gasteiger partial charge in [0.05, 0.1) is 0 Å². The van der Waals surface area contributed by atoms with E-state index in [1.54, 1.807) is 0 Å². The van der Waals surface area contributed by atoms with Crippen LogP contribution in [0.25, 0.3) is 11.1 Å². The molecule has 60 valence electrons. The number of fused-ring (bicyclic) bond motifs is 1. The smallest absolute Gasteiger partial charge is 0.119 e. The largest absolute Gasteiger partial charge is 0.303 e. The average molecular weight is 262 g/mol. The van der Waals surface area contributed by atoms with Gasteiger partial charge in [0, 0.05) is 6.42 Å². The summed E-state index contributed by atoms with van der Waals surface area (Å²) >= 11 is 0. The Balaban J connectivity index is 0.000000183. The third-order valence-electron chi connectivity index (χ3n) is 1.28. The molecule has 0 saturated carbocycles. The van der Waals surface area contributed by atoms with E-state index >= 15 is 0 Å². The number of rotatable bonds is 1. The Hall–Kier alpha value is -0.380. The highest BCUT2D eigenvalue weighted by atomic mass is 127. The Morgan fingerprint density at radius 1 is 1.36 bits per heavy atom. The molecular formula is C9H11IO. The summed E-state index contributed by atoms with van der Waals surface area (Å²) < 4.78 is 0. The number of benzene rings is 1. The van der Waals surface area contributed by atoms with Crippen LogP contribution in [0.5, 0.6) is 0 Å². The molecule has 0 aromatic carbocycles. The Morgan fingerprint density at radius 2 is 1.82 bits per heavy atom. The fourth-order valence-electron chi connectivity index (χ4n) is 0.676. The van der Waals surface area contributed by atoms with E-state index in [9.17, 15) is 4.79 Å². The highest BCUT2D eigenvalue weighted by molar-refractivity contribution is 14.0. The summed E-state index contributed by atoms with van der Waals surface area (Å²) in [5.74, 6) is 0. The quantitative estimate of drug-likeness (QED) is 0.570. The molecule has 0 heterocycles. The van der Waals surface area contributed by atoms with Gasteiger partial charge in [-0.25, -0.2) is 0 Å². The van der Waals surface area contributed by atoms with Gasteiger partial charge >= 0.3 is 0 Å². The van der Waals surface area contributed by atoms with Gasteiger partial charge in [0.15, 0.2) is 0 Å². The van der Waals surface area contributed by atoms with Crippen molar-refractivity contribution in [3.05, 3.63) is 24.3 Å². The van der Waals surface area contributed by atoms with Crippen molar-refractivity contribution in [3.8, 4) is 11.1 Å². The Bertz CT molecular complexity index is 216. The molecule has 0 spiro atoms. The van der Waals surface area contributed by atoms with Gasteiger partial charge in [0.1, 0.15) is 6.29 Å². The van der Waals surface area contributed by atoms with E-state index in [0.29, 0.717) is 6.42 Å². The minimum absolute atomic E-state index is 0. The number of carbonyl (C=O) groups is 1. The van der Waals surface area contributed by atoms with E-state index in [1.807, 2.05) is 6.92 Å². The van der Waals surface area contributed by atoms with E-state index < -0.39 is 0 Å². The summed E-state index contributed by atoms with van der Waals surface area (Å²) in [7, 11) is 0. The molecule has 2 heteroatoms. The van der Waals surface area contributed by atoms with Gasteiger partial charge in [0.2, 0.25) is 0 Å². The predicted molar refractivity (Wildman–Crippen MR) is 57.2 cm³/mol. The van der Waals surface area contributed by atoms with Gasteiger partial charge in [-0.2, -0.15) is 0 Å².